The zero-order chi connectivity index (χ0) is 14.7. The minimum atomic E-state index is -0.288. The molecule has 2 atom stereocenters. The van der Waals surface area contributed by atoms with Gasteiger partial charge in [-0.3, -0.25) is 0 Å². The third kappa shape index (κ3) is 2.60. The van der Waals surface area contributed by atoms with Crippen LogP contribution < -0.4 is 10.6 Å². The van der Waals surface area contributed by atoms with Crippen LogP contribution in [0.5, 0.6) is 0 Å². The minimum absolute atomic E-state index is 0.288. The lowest BCUT2D eigenvalue weighted by molar-refractivity contribution is 0.0527. The summed E-state index contributed by atoms with van der Waals surface area (Å²) in [6, 6.07) is 6.32. The lowest BCUT2D eigenvalue weighted by Gasteiger charge is -2.32. The number of nitrogens with two attached hydrogens (primary N) is 1. The molecule has 20 heavy (non-hydrogen) atoms. The fraction of sp³-hybridized carbons (Fsp3) is 0.562. The Balaban J connectivity index is 2.46. The standard InChI is InChI=1S/C16H24N2O2/c1-4-12-10-9-11(3)18(12)15-13(16(19)20-5-2)7-6-8-14(15)17/h6-8,11-12H,4-5,9-10,17H2,1-3H3. The van der Waals surface area contributed by atoms with Gasteiger partial charge in [-0.2, -0.15) is 0 Å². The number of anilines is 2. The molecule has 0 spiro atoms. The van der Waals surface area contributed by atoms with Gasteiger partial charge >= 0.3 is 5.97 Å². The number of ether oxygens (including phenoxy) is 1. The number of hydrogen-bond acceptors (Lipinski definition) is 4. The number of para-hydroxylation sites is 1. The molecule has 2 rings (SSSR count). The molecule has 1 heterocycles. The number of benzene rings is 1. The quantitative estimate of drug-likeness (QED) is 0.677. The number of nitrogen functional groups attached to an aromatic ring is 1. The van der Waals surface area contributed by atoms with E-state index in [2.05, 4.69) is 18.7 Å². The average Bonchev–Trinajstić information content (AvgIpc) is 2.79. The van der Waals surface area contributed by atoms with E-state index in [0.717, 1.165) is 24.9 Å². The first-order chi connectivity index (χ1) is 9.60. The van der Waals surface area contributed by atoms with Crippen LogP contribution >= 0.6 is 0 Å². The lowest BCUT2D eigenvalue weighted by atomic mass is 10.1. The largest absolute Gasteiger partial charge is 0.462 e. The third-order valence-electron chi connectivity index (χ3n) is 4.08. The summed E-state index contributed by atoms with van der Waals surface area (Å²) in [4.78, 5) is 14.5. The summed E-state index contributed by atoms with van der Waals surface area (Å²) in [5.74, 6) is -0.288. The average molecular weight is 276 g/mol. The van der Waals surface area contributed by atoms with Gasteiger partial charge in [0.15, 0.2) is 0 Å². The van der Waals surface area contributed by atoms with E-state index in [0.29, 0.717) is 29.9 Å². The molecule has 4 heteroatoms. The molecule has 0 radical (unpaired) electrons. The smallest absolute Gasteiger partial charge is 0.340 e. The molecule has 110 valence electrons. The maximum Gasteiger partial charge on any atom is 0.340 e. The maximum absolute atomic E-state index is 12.2. The Morgan fingerprint density at radius 2 is 2.15 bits per heavy atom. The maximum atomic E-state index is 12.2. The van der Waals surface area contributed by atoms with E-state index in [9.17, 15) is 4.79 Å². The number of rotatable bonds is 4. The topological polar surface area (TPSA) is 55.6 Å². The number of nitrogens with zero attached hydrogens (tertiary/aromatic N) is 1. The Hall–Kier alpha value is -1.71. The summed E-state index contributed by atoms with van der Waals surface area (Å²) in [5, 5.41) is 0. The number of carbonyl (C=O) groups is 1. The van der Waals surface area contributed by atoms with Crippen LogP contribution in [-0.4, -0.2) is 24.7 Å². The molecule has 1 aromatic carbocycles. The highest BCUT2D eigenvalue weighted by atomic mass is 16.5. The second kappa shape index (κ2) is 6.16. The molecular formula is C16H24N2O2. The van der Waals surface area contributed by atoms with Gasteiger partial charge in [-0.15, -0.1) is 0 Å². The Labute approximate surface area is 120 Å². The second-order valence-electron chi connectivity index (χ2n) is 5.36. The fourth-order valence-corrected chi connectivity index (χ4v) is 3.10. The Morgan fingerprint density at radius 1 is 1.40 bits per heavy atom. The molecule has 1 aliphatic heterocycles. The van der Waals surface area contributed by atoms with E-state index in [4.69, 9.17) is 10.5 Å². The van der Waals surface area contributed by atoms with Gasteiger partial charge < -0.3 is 15.4 Å². The molecule has 1 aromatic rings. The lowest BCUT2D eigenvalue weighted by Crippen LogP contribution is -2.36. The summed E-state index contributed by atoms with van der Waals surface area (Å²) in [7, 11) is 0. The predicted molar refractivity (Wildman–Crippen MR) is 82.1 cm³/mol. The monoisotopic (exact) mass is 276 g/mol. The van der Waals surface area contributed by atoms with Crippen molar-refractivity contribution in [2.45, 2.75) is 52.1 Å². The van der Waals surface area contributed by atoms with Crippen molar-refractivity contribution in [1.29, 1.82) is 0 Å². The van der Waals surface area contributed by atoms with Crippen LogP contribution in [0.3, 0.4) is 0 Å². The summed E-state index contributed by atoms with van der Waals surface area (Å²) in [6.45, 7) is 6.56. The van der Waals surface area contributed by atoms with E-state index in [1.165, 1.54) is 0 Å². The molecule has 2 unspecified atom stereocenters. The number of hydrogen-bond donors (Lipinski definition) is 1. The Bertz CT molecular complexity index is 487. The van der Waals surface area contributed by atoms with Crippen LogP contribution in [0, 0.1) is 0 Å². The van der Waals surface area contributed by atoms with Crippen LogP contribution in [0.4, 0.5) is 11.4 Å². The first-order valence-corrected chi connectivity index (χ1v) is 7.44. The molecular weight excluding hydrogens is 252 g/mol. The van der Waals surface area contributed by atoms with Crippen molar-refractivity contribution in [2.24, 2.45) is 0 Å². The van der Waals surface area contributed by atoms with Crippen LogP contribution in [-0.2, 0) is 4.74 Å². The third-order valence-corrected chi connectivity index (χ3v) is 4.08. The van der Waals surface area contributed by atoms with Gasteiger partial charge in [0.25, 0.3) is 0 Å². The van der Waals surface area contributed by atoms with Crippen molar-refractivity contribution < 1.29 is 9.53 Å². The summed E-state index contributed by atoms with van der Waals surface area (Å²) >= 11 is 0. The van der Waals surface area contributed by atoms with Gasteiger partial charge in [0.05, 0.1) is 23.5 Å². The zero-order valence-corrected chi connectivity index (χ0v) is 12.6. The molecule has 0 amide bonds. The van der Waals surface area contributed by atoms with Crippen LogP contribution in [0.1, 0.15) is 50.4 Å². The van der Waals surface area contributed by atoms with Gasteiger partial charge in [-0.05, 0) is 45.2 Å². The molecule has 2 N–H and O–H groups in total. The van der Waals surface area contributed by atoms with E-state index in [1.54, 1.807) is 6.07 Å². The van der Waals surface area contributed by atoms with Crippen molar-refractivity contribution in [2.75, 3.05) is 17.2 Å². The highest BCUT2D eigenvalue weighted by molar-refractivity contribution is 5.99. The van der Waals surface area contributed by atoms with Crippen molar-refractivity contribution in [1.82, 2.24) is 0 Å². The highest BCUT2D eigenvalue weighted by Crippen LogP contribution is 2.38. The summed E-state index contributed by atoms with van der Waals surface area (Å²) < 4.78 is 5.17. The zero-order valence-electron chi connectivity index (χ0n) is 12.6. The molecule has 1 fully saturated rings. The first kappa shape index (κ1) is 14.7. The number of esters is 1. The normalized spacial score (nSPS) is 22.1. The van der Waals surface area contributed by atoms with Crippen LogP contribution in [0.25, 0.3) is 0 Å². The van der Waals surface area contributed by atoms with Crippen LogP contribution in [0.2, 0.25) is 0 Å². The van der Waals surface area contributed by atoms with Gasteiger partial charge in [0.1, 0.15) is 0 Å². The molecule has 0 saturated carbocycles. The predicted octanol–water partition coefficient (Wildman–Crippen LogP) is 3.21. The van der Waals surface area contributed by atoms with Gasteiger partial charge in [-0.25, -0.2) is 4.79 Å². The van der Waals surface area contributed by atoms with Gasteiger partial charge in [-0.1, -0.05) is 13.0 Å². The van der Waals surface area contributed by atoms with Crippen LogP contribution in [0.15, 0.2) is 18.2 Å². The summed E-state index contributed by atoms with van der Waals surface area (Å²) in [5.41, 5.74) is 8.25. The highest BCUT2D eigenvalue weighted by Gasteiger charge is 2.33. The molecule has 4 nitrogen and oxygen atoms in total. The first-order valence-electron chi connectivity index (χ1n) is 7.44. The van der Waals surface area contributed by atoms with E-state index in [-0.39, 0.29) is 5.97 Å². The molecule has 1 saturated heterocycles. The minimum Gasteiger partial charge on any atom is -0.462 e. The molecule has 0 bridgehead atoms. The Kier molecular flexibility index (Phi) is 4.53. The van der Waals surface area contributed by atoms with E-state index < -0.39 is 0 Å². The van der Waals surface area contributed by atoms with Crippen molar-refractivity contribution in [3.05, 3.63) is 23.8 Å². The summed E-state index contributed by atoms with van der Waals surface area (Å²) in [6.07, 6.45) is 3.34. The number of carbonyl (C=O) groups excluding carboxylic acids is 1. The van der Waals surface area contributed by atoms with E-state index in [1.807, 2.05) is 19.1 Å². The van der Waals surface area contributed by atoms with Gasteiger partial charge in [0.2, 0.25) is 0 Å². The van der Waals surface area contributed by atoms with Crippen molar-refractivity contribution in [3.8, 4) is 0 Å². The van der Waals surface area contributed by atoms with Crippen molar-refractivity contribution in [3.63, 3.8) is 0 Å². The molecule has 0 aliphatic carbocycles. The van der Waals surface area contributed by atoms with E-state index >= 15 is 0 Å². The second-order valence-corrected chi connectivity index (χ2v) is 5.36. The fourth-order valence-electron chi connectivity index (χ4n) is 3.10. The Morgan fingerprint density at radius 3 is 2.80 bits per heavy atom. The van der Waals surface area contributed by atoms with Crippen molar-refractivity contribution >= 4 is 17.3 Å². The molecule has 1 aliphatic rings. The molecule has 0 aromatic heterocycles. The SMILES string of the molecule is CCOC(=O)c1cccc(N)c1N1C(C)CCC1CC. The van der Waals surface area contributed by atoms with Gasteiger partial charge in [0, 0.05) is 12.1 Å².